The molecule has 33 heavy (non-hydrogen) atoms. The third kappa shape index (κ3) is 7.15. The number of esters is 3. The van der Waals surface area contributed by atoms with E-state index in [4.69, 9.17) is 28.7 Å². The lowest BCUT2D eigenvalue weighted by Crippen LogP contribution is -2.46. The monoisotopic (exact) mass is 485 g/mol. The summed E-state index contributed by atoms with van der Waals surface area (Å²) in [7, 11) is -4.45. The molecule has 0 aliphatic carbocycles. The van der Waals surface area contributed by atoms with Crippen molar-refractivity contribution in [3.05, 3.63) is 40.3 Å². The first kappa shape index (κ1) is 26.1. The highest BCUT2D eigenvalue weighted by Crippen LogP contribution is 2.33. The van der Waals surface area contributed by atoms with E-state index < -0.39 is 65.3 Å². The van der Waals surface area contributed by atoms with Gasteiger partial charge in [0.1, 0.15) is 12.2 Å². The SMILES string of the molecule is CC(=O)OC1O[C@H]([C@@H](CN=[N+]=[N-])OC(C)=O)[C@H](OS(=O)(=O)c2ccc(C)cc2)[C@H]1OC(C)=O. The molecule has 0 amide bonds. The lowest BCUT2D eigenvalue weighted by Gasteiger charge is -2.26. The van der Waals surface area contributed by atoms with E-state index in [9.17, 15) is 22.8 Å². The fourth-order valence-electron chi connectivity index (χ4n) is 3.08. The number of carbonyl (C=O) groups excluding carboxylic acids is 3. The highest BCUT2D eigenvalue weighted by Gasteiger charge is 2.55. The number of azide groups is 1. The Balaban J connectivity index is 2.52. The van der Waals surface area contributed by atoms with Gasteiger partial charge in [0.2, 0.25) is 6.29 Å². The highest BCUT2D eigenvalue weighted by molar-refractivity contribution is 7.86. The van der Waals surface area contributed by atoms with Gasteiger partial charge in [0.25, 0.3) is 10.1 Å². The van der Waals surface area contributed by atoms with Crippen LogP contribution in [0.3, 0.4) is 0 Å². The van der Waals surface area contributed by atoms with E-state index in [2.05, 4.69) is 10.0 Å². The van der Waals surface area contributed by atoms with E-state index in [1.165, 1.54) is 12.1 Å². The molecular weight excluding hydrogens is 462 g/mol. The summed E-state index contributed by atoms with van der Waals surface area (Å²) in [6.45, 7) is 4.48. The van der Waals surface area contributed by atoms with Crippen LogP contribution in [0.5, 0.6) is 0 Å². The molecule has 0 bridgehead atoms. The van der Waals surface area contributed by atoms with E-state index in [0.29, 0.717) is 0 Å². The van der Waals surface area contributed by atoms with Crippen LogP contribution in [0.15, 0.2) is 34.3 Å². The van der Waals surface area contributed by atoms with Crippen LogP contribution in [-0.2, 0) is 47.6 Å². The molecule has 1 aromatic rings. The second kappa shape index (κ2) is 11.1. The summed E-state index contributed by atoms with van der Waals surface area (Å²) in [5.74, 6) is -2.46. The van der Waals surface area contributed by atoms with Crippen LogP contribution in [0.25, 0.3) is 10.4 Å². The van der Waals surface area contributed by atoms with Gasteiger partial charge in [-0.1, -0.05) is 22.8 Å². The zero-order valence-corrected chi connectivity index (χ0v) is 19.1. The Labute approximate surface area is 189 Å². The van der Waals surface area contributed by atoms with E-state index >= 15 is 0 Å². The second-order valence-corrected chi connectivity index (χ2v) is 8.61. The minimum absolute atomic E-state index is 0.205. The van der Waals surface area contributed by atoms with E-state index in [1.54, 1.807) is 19.1 Å². The molecule has 0 aromatic heterocycles. The van der Waals surface area contributed by atoms with Crippen molar-refractivity contribution in [1.29, 1.82) is 0 Å². The van der Waals surface area contributed by atoms with Gasteiger partial charge in [-0.05, 0) is 24.6 Å². The topological polar surface area (TPSA) is 180 Å². The normalized spacial score (nSPS) is 23.2. The average molecular weight is 485 g/mol. The molecule has 1 aliphatic heterocycles. The van der Waals surface area contributed by atoms with Gasteiger partial charge in [0, 0.05) is 25.7 Å². The maximum atomic E-state index is 12.9. The Morgan fingerprint density at radius 3 is 2.18 bits per heavy atom. The van der Waals surface area contributed by atoms with Crippen LogP contribution in [0.4, 0.5) is 0 Å². The van der Waals surface area contributed by atoms with Crippen LogP contribution >= 0.6 is 0 Å². The number of benzene rings is 1. The van der Waals surface area contributed by atoms with Gasteiger partial charge in [0.05, 0.1) is 11.4 Å². The van der Waals surface area contributed by atoms with E-state index in [0.717, 1.165) is 26.3 Å². The highest BCUT2D eigenvalue weighted by atomic mass is 32.2. The van der Waals surface area contributed by atoms with Crippen molar-refractivity contribution < 1.29 is 45.9 Å². The molecule has 1 aromatic carbocycles. The molecule has 1 fully saturated rings. The van der Waals surface area contributed by atoms with Crippen LogP contribution in [0.2, 0.25) is 0 Å². The maximum absolute atomic E-state index is 12.9. The number of carbonyl (C=O) groups is 3. The number of ether oxygens (including phenoxy) is 4. The first-order valence-corrected chi connectivity index (χ1v) is 11.0. The molecule has 180 valence electrons. The summed E-state index contributed by atoms with van der Waals surface area (Å²) >= 11 is 0. The lowest BCUT2D eigenvalue weighted by atomic mass is 10.1. The van der Waals surface area contributed by atoms with Crippen molar-refractivity contribution in [3.8, 4) is 0 Å². The van der Waals surface area contributed by atoms with Crippen LogP contribution in [0, 0.1) is 6.92 Å². The van der Waals surface area contributed by atoms with Crippen molar-refractivity contribution in [3.63, 3.8) is 0 Å². The number of hydrogen-bond acceptors (Lipinski definition) is 11. The van der Waals surface area contributed by atoms with Crippen LogP contribution in [0.1, 0.15) is 26.3 Å². The van der Waals surface area contributed by atoms with Gasteiger partial charge in [-0.2, -0.15) is 8.42 Å². The van der Waals surface area contributed by atoms with Gasteiger partial charge in [-0.3, -0.25) is 18.6 Å². The van der Waals surface area contributed by atoms with Crippen molar-refractivity contribution in [2.45, 2.75) is 63.3 Å². The van der Waals surface area contributed by atoms with Gasteiger partial charge < -0.3 is 18.9 Å². The van der Waals surface area contributed by atoms with Crippen molar-refractivity contribution in [2.24, 2.45) is 5.11 Å². The summed E-state index contributed by atoms with van der Waals surface area (Å²) in [6, 6.07) is 5.72. The fourth-order valence-corrected chi connectivity index (χ4v) is 4.17. The minimum atomic E-state index is -4.45. The molecule has 2 rings (SSSR count). The molecule has 13 nitrogen and oxygen atoms in total. The van der Waals surface area contributed by atoms with Crippen LogP contribution in [-0.4, -0.2) is 63.6 Å². The fraction of sp³-hybridized carbons (Fsp3) is 0.526. The number of rotatable bonds is 9. The predicted molar refractivity (Wildman–Crippen MR) is 109 cm³/mol. The molecule has 0 saturated carbocycles. The number of hydrogen-bond donors (Lipinski definition) is 0. The van der Waals surface area contributed by atoms with Crippen LogP contribution < -0.4 is 0 Å². The zero-order chi connectivity index (χ0) is 24.8. The zero-order valence-electron chi connectivity index (χ0n) is 18.2. The summed E-state index contributed by atoms with van der Waals surface area (Å²) in [6.07, 6.45) is -7.55. The second-order valence-electron chi connectivity index (χ2n) is 7.04. The van der Waals surface area contributed by atoms with Crippen molar-refractivity contribution in [2.75, 3.05) is 6.54 Å². The standard InChI is InChI=1S/C19H23N3O10S/c1-10-5-7-14(8-6-10)33(26,27)32-17-16(15(9-21-22-20)28-11(2)23)31-19(30-13(4)25)18(17)29-12(3)24/h5-8,15-19H,9H2,1-4H3/t15-,16-,17+,18-,19?/m1/s1. The van der Waals surface area contributed by atoms with Gasteiger partial charge in [-0.25, -0.2) is 0 Å². The van der Waals surface area contributed by atoms with Crippen molar-refractivity contribution >= 4 is 28.0 Å². The summed E-state index contributed by atoms with van der Waals surface area (Å²) in [5.41, 5.74) is 9.47. The molecule has 1 unspecified atom stereocenters. The van der Waals surface area contributed by atoms with E-state index in [-0.39, 0.29) is 4.90 Å². The molecule has 1 aliphatic rings. The number of nitrogens with zero attached hydrogens (tertiary/aromatic N) is 3. The Kier molecular flexibility index (Phi) is 8.76. The first-order valence-electron chi connectivity index (χ1n) is 9.62. The number of aryl methyl sites for hydroxylation is 1. The Bertz CT molecular complexity index is 1030. The molecule has 0 spiro atoms. The van der Waals surface area contributed by atoms with Gasteiger partial charge >= 0.3 is 17.9 Å². The van der Waals surface area contributed by atoms with Crippen molar-refractivity contribution in [1.82, 2.24) is 0 Å². The molecule has 5 atom stereocenters. The summed E-state index contributed by atoms with van der Waals surface area (Å²) in [4.78, 5) is 37.2. The molecule has 0 radical (unpaired) electrons. The first-order chi connectivity index (χ1) is 15.4. The molecule has 0 N–H and O–H groups in total. The van der Waals surface area contributed by atoms with Gasteiger partial charge in [0.15, 0.2) is 12.2 Å². The molecular formula is C19H23N3O10S. The minimum Gasteiger partial charge on any atom is -0.460 e. The molecule has 1 heterocycles. The largest absolute Gasteiger partial charge is 0.460 e. The Hall–Kier alpha value is -3.19. The molecule has 1 saturated heterocycles. The quantitative estimate of drug-likeness (QED) is 0.124. The third-order valence-corrected chi connectivity index (χ3v) is 5.67. The Morgan fingerprint density at radius 2 is 1.67 bits per heavy atom. The third-order valence-electron chi connectivity index (χ3n) is 4.35. The summed E-state index contributed by atoms with van der Waals surface area (Å²) < 4.78 is 52.1. The Morgan fingerprint density at radius 1 is 1.06 bits per heavy atom. The average Bonchev–Trinajstić information content (AvgIpc) is 3.00. The lowest BCUT2D eigenvalue weighted by molar-refractivity contribution is -0.200. The van der Waals surface area contributed by atoms with E-state index in [1.807, 2.05) is 0 Å². The van der Waals surface area contributed by atoms with Gasteiger partial charge in [-0.15, -0.1) is 0 Å². The smallest absolute Gasteiger partial charge is 0.305 e. The summed E-state index contributed by atoms with van der Waals surface area (Å²) in [5, 5.41) is 3.34. The molecule has 14 heteroatoms. The maximum Gasteiger partial charge on any atom is 0.305 e. The predicted octanol–water partition coefficient (Wildman–Crippen LogP) is 1.53.